The Kier molecular flexibility index (Phi) is 7.89. The fourth-order valence-electron chi connectivity index (χ4n) is 5.87. The number of hydrogen-bond donors (Lipinski definition) is 2. The van der Waals surface area contributed by atoms with Crippen LogP contribution in [0.15, 0.2) is 24.5 Å². The van der Waals surface area contributed by atoms with Crippen LogP contribution >= 0.6 is 0 Å². The molecule has 2 N–H and O–H groups in total. The summed E-state index contributed by atoms with van der Waals surface area (Å²) in [6.07, 6.45) is -0.425. The molecule has 4 atom stereocenters. The number of rotatable bonds is 7. The number of nitrogens with one attached hydrogen (secondary N) is 1. The molecule has 1 aliphatic carbocycles. The molecular formula is C27H34F3N5O4. The Morgan fingerprint density at radius 3 is 2.51 bits per heavy atom. The zero-order valence-electron chi connectivity index (χ0n) is 22.5. The molecule has 2 amide bonds. The molecule has 2 aliphatic rings. The van der Waals surface area contributed by atoms with Gasteiger partial charge >= 0.3 is 12.1 Å². The van der Waals surface area contributed by atoms with Gasteiger partial charge in [0.2, 0.25) is 5.91 Å². The zero-order valence-corrected chi connectivity index (χ0v) is 22.5. The lowest BCUT2D eigenvalue weighted by Crippen LogP contribution is -2.51. The number of carbonyl (C=O) groups is 3. The Hall–Kier alpha value is -3.28. The molecule has 0 bridgehead atoms. The number of nitrogens with zero attached hydrogens (tertiary/aromatic N) is 4. The lowest BCUT2D eigenvalue weighted by atomic mass is 9.72. The fourth-order valence-corrected chi connectivity index (χ4v) is 5.87. The predicted molar refractivity (Wildman–Crippen MR) is 137 cm³/mol. The van der Waals surface area contributed by atoms with E-state index in [9.17, 15) is 32.7 Å². The maximum absolute atomic E-state index is 13.5. The molecule has 0 radical (unpaired) electrons. The van der Waals surface area contributed by atoms with E-state index in [-0.39, 0.29) is 40.5 Å². The van der Waals surface area contributed by atoms with Gasteiger partial charge in [-0.1, -0.05) is 0 Å². The number of alkyl halides is 3. The lowest BCUT2D eigenvalue weighted by molar-refractivity contribution is -0.148. The van der Waals surface area contributed by atoms with Crippen LogP contribution < -0.4 is 5.32 Å². The van der Waals surface area contributed by atoms with Gasteiger partial charge in [-0.15, -0.1) is 0 Å². The van der Waals surface area contributed by atoms with E-state index in [4.69, 9.17) is 0 Å². The third-order valence-corrected chi connectivity index (χ3v) is 8.12. The first kappa shape index (κ1) is 28.7. The molecule has 1 unspecified atom stereocenters. The number of halogens is 3. The van der Waals surface area contributed by atoms with Crippen molar-refractivity contribution in [2.75, 3.05) is 20.6 Å². The van der Waals surface area contributed by atoms with Crippen LogP contribution in [0.4, 0.5) is 13.2 Å². The van der Waals surface area contributed by atoms with Gasteiger partial charge in [-0.25, -0.2) is 9.97 Å². The smallest absolute Gasteiger partial charge is 0.416 e. The second-order valence-corrected chi connectivity index (χ2v) is 11.4. The topological polar surface area (TPSA) is 116 Å². The highest BCUT2D eigenvalue weighted by Crippen LogP contribution is 2.40. The summed E-state index contributed by atoms with van der Waals surface area (Å²) >= 11 is 0. The van der Waals surface area contributed by atoms with E-state index in [1.54, 1.807) is 18.7 Å². The fraction of sp³-hybridized carbons (Fsp3) is 0.593. The Labute approximate surface area is 224 Å². The van der Waals surface area contributed by atoms with Crippen molar-refractivity contribution in [2.45, 2.75) is 70.3 Å². The van der Waals surface area contributed by atoms with Gasteiger partial charge in [-0.05, 0) is 84.2 Å². The highest BCUT2D eigenvalue weighted by molar-refractivity contribution is 6.05. The van der Waals surface area contributed by atoms with Crippen molar-refractivity contribution in [1.82, 2.24) is 25.1 Å². The molecule has 2 aromatic rings. The standard InChI is InChI=1S/C27H34F3N5O4/c1-26(2,25(38)39)13-15-11-17(34(3)4)6-8-21(15)35-10-9-20(24(35)37)33-23(36)22-18-12-16(27(28,29)30)5-7-19(18)31-14-32-22/h5,7,12,14-15,17,20-21H,6,8-11,13H2,1-4H3,(H,33,36)(H,38,39)/t15-,17+,20?,21-/m0/s1. The quantitative estimate of drug-likeness (QED) is 0.543. The van der Waals surface area contributed by atoms with Crippen LogP contribution in [0.2, 0.25) is 0 Å². The number of carboxylic acid groups (broad SMARTS) is 1. The van der Waals surface area contributed by atoms with Crippen LogP contribution in [0, 0.1) is 11.3 Å². The molecule has 2 heterocycles. The van der Waals surface area contributed by atoms with Crippen LogP contribution in [-0.4, -0.2) is 81.4 Å². The average molecular weight is 550 g/mol. The molecule has 2 fully saturated rings. The van der Waals surface area contributed by atoms with Crippen LogP contribution in [0.3, 0.4) is 0 Å². The van der Waals surface area contributed by atoms with Gasteiger partial charge in [0.15, 0.2) is 0 Å². The number of aromatic nitrogens is 2. The van der Waals surface area contributed by atoms with Crippen molar-refractivity contribution >= 4 is 28.7 Å². The van der Waals surface area contributed by atoms with E-state index in [1.807, 2.05) is 14.1 Å². The molecule has 39 heavy (non-hydrogen) atoms. The van der Waals surface area contributed by atoms with Gasteiger partial charge in [0, 0.05) is 24.0 Å². The van der Waals surface area contributed by atoms with Crippen LogP contribution in [0.5, 0.6) is 0 Å². The number of likely N-dealkylation sites (tertiary alicyclic amines) is 1. The number of fused-ring (bicyclic) bond motifs is 1. The van der Waals surface area contributed by atoms with Crippen molar-refractivity contribution in [1.29, 1.82) is 0 Å². The minimum Gasteiger partial charge on any atom is -0.481 e. The summed E-state index contributed by atoms with van der Waals surface area (Å²) in [5.41, 5.74) is -1.93. The first-order valence-electron chi connectivity index (χ1n) is 13.0. The van der Waals surface area contributed by atoms with Gasteiger partial charge in [-0.3, -0.25) is 14.4 Å². The minimum atomic E-state index is -4.60. The Morgan fingerprint density at radius 2 is 1.87 bits per heavy atom. The van der Waals surface area contributed by atoms with E-state index < -0.39 is 35.1 Å². The molecule has 1 saturated carbocycles. The number of benzene rings is 1. The van der Waals surface area contributed by atoms with Crippen LogP contribution in [0.1, 0.15) is 62.0 Å². The van der Waals surface area contributed by atoms with Gasteiger partial charge in [0.05, 0.1) is 16.5 Å². The van der Waals surface area contributed by atoms with Crippen LogP contribution in [-0.2, 0) is 15.8 Å². The van der Waals surface area contributed by atoms with E-state index in [0.717, 1.165) is 31.3 Å². The maximum Gasteiger partial charge on any atom is 0.416 e. The molecule has 4 rings (SSSR count). The molecule has 12 heteroatoms. The molecule has 1 aromatic carbocycles. The van der Waals surface area contributed by atoms with E-state index in [1.165, 1.54) is 6.07 Å². The summed E-state index contributed by atoms with van der Waals surface area (Å²) < 4.78 is 39.8. The highest BCUT2D eigenvalue weighted by atomic mass is 19.4. The number of aliphatic carboxylic acids is 1. The summed E-state index contributed by atoms with van der Waals surface area (Å²) in [6.45, 7) is 3.78. The number of carbonyl (C=O) groups excluding carboxylic acids is 2. The third-order valence-electron chi connectivity index (χ3n) is 8.12. The summed E-state index contributed by atoms with van der Waals surface area (Å²) in [7, 11) is 3.98. The van der Waals surface area contributed by atoms with Gasteiger partial charge in [0.25, 0.3) is 5.91 Å². The molecule has 9 nitrogen and oxygen atoms in total. The second-order valence-electron chi connectivity index (χ2n) is 11.4. The second kappa shape index (κ2) is 10.7. The van der Waals surface area contributed by atoms with E-state index in [0.29, 0.717) is 25.8 Å². The summed E-state index contributed by atoms with van der Waals surface area (Å²) in [5.74, 6) is -1.95. The van der Waals surface area contributed by atoms with Crippen molar-refractivity contribution in [3.63, 3.8) is 0 Å². The molecular weight excluding hydrogens is 515 g/mol. The number of carboxylic acids is 1. The SMILES string of the molecule is CN(C)[C@@H]1CC[C@H](N2CCC(NC(=O)c3ncnc4ccc(C(F)(F)F)cc34)C2=O)[C@H](CC(C)(C)C(=O)O)C1. The molecule has 0 spiro atoms. The summed E-state index contributed by atoms with van der Waals surface area (Å²) in [6, 6.07) is 2.17. The maximum atomic E-state index is 13.5. The van der Waals surface area contributed by atoms with Crippen molar-refractivity contribution in [3.8, 4) is 0 Å². The van der Waals surface area contributed by atoms with Crippen molar-refractivity contribution in [2.24, 2.45) is 11.3 Å². The van der Waals surface area contributed by atoms with Crippen LogP contribution in [0.25, 0.3) is 10.9 Å². The first-order valence-corrected chi connectivity index (χ1v) is 13.0. The van der Waals surface area contributed by atoms with E-state index >= 15 is 0 Å². The molecule has 1 aliphatic heterocycles. The average Bonchev–Trinajstić information content (AvgIpc) is 3.21. The predicted octanol–water partition coefficient (Wildman–Crippen LogP) is 3.58. The zero-order chi connectivity index (χ0) is 28.7. The summed E-state index contributed by atoms with van der Waals surface area (Å²) in [4.78, 5) is 50.2. The van der Waals surface area contributed by atoms with Crippen molar-refractivity contribution in [3.05, 3.63) is 35.8 Å². The number of hydrogen-bond acceptors (Lipinski definition) is 6. The Balaban J connectivity index is 1.53. The first-order chi connectivity index (χ1) is 18.2. The number of amides is 2. The Bertz CT molecular complexity index is 1270. The van der Waals surface area contributed by atoms with E-state index in [2.05, 4.69) is 20.2 Å². The normalized spacial score (nSPS) is 24.4. The lowest BCUT2D eigenvalue weighted by Gasteiger charge is -2.44. The Morgan fingerprint density at radius 1 is 1.15 bits per heavy atom. The molecule has 1 saturated heterocycles. The molecule has 212 valence electrons. The molecule has 1 aromatic heterocycles. The van der Waals surface area contributed by atoms with Crippen molar-refractivity contribution < 1.29 is 32.7 Å². The van der Waals surface area contributed by atoms with Gasteiger partial charge in [-0.2, -0.15) is 13.2 Å². The minimum absolute atomic E-state index is 0.0396. The highest BCUT2D eigenvalue weighted by Gasteiger charge is 2.45. The van der Waals surface area contributed by atoms with Gasteiger partial charge in [0.1, 0.15) is 18.1 Å². The largest absolute Gasteiger partial charge is 0.481 e. The third kappa shape index (κ3) is 6.00. The monoisotopic (exact) mass is 549 g/mol. The van der Waals surface area contributed by atoms with Gasteiger partial charge < -0.3 is 20.2 Å². The summed E-state index contributed by atoms with van der Waals surface area (Å²) in [5, 5.41) is 12.3.